The zero-order valence-electron chi connectivity index (χ0n) is 15.1. The molecule has 1 saturated heterocycles. The average molecular weight is 347 g/mol. The molecule has 7 heteroatoms. The summed E-state index contributed by atoms with van der Waals surface area (Å²) in [6.45, 7) is 5.84. The van der Waals surface area contributed by atoms with Gasteiger partial charge in [-0.25, -0.2) is 4.79 Å². The van der Waals surface area contributed by atoms with Crippen LogP contribution in [0.5, 0.6) is 0 Å². The molecule has 0 bridgehead atoms. The van der Waals surface area contributed by atoms with Gasteiger partial charge in [0.15, 0.2) is 0 Å². The predicted molar refractivity (Wildman–Crippen MR) is 94.4 cm³/mol. The van der Waals surface area contributed by atoms with Crippen LogP contribution in [0.2, 0.25) is 0 Å². The van der Waals surface area contributed by atoms with E-state index in [-0.39, 0.29) is 11.8 Å². The molecule has 1 heterocycles. The molecule has 3 amide bonds. The van der Waals surface area contributed by atoms with Crippen LogP contribution in [0, 0.1) is 0 Å². The first kappa shape index (κ1) is 18.8. The van der Waals surface area contributed by atoms with E-state index in [0.717, 1.165) is 6.42 Å². The maximum atomic E-state index is 12.7. The largest absolute Gasteiger partial charge is 0.444 e. The van der Waals surface area contributed by atoms with Crippen LogP contribution in [-0.2, 0) is 9.53 Å². The lowest BCUT2D eigenvalue weighted by atomic mass is 10.1. The fraction of sp³-hybridized carbons (Fsp3) is 0.500. The van der Waals surface area contributed by atoms with E-state index in [2.05, 4.69) is 10.6 Å². The summed E-state index contributed by atoms with van der Waals surface area (Å²) in [6.07, 6.45) is 0.798. The first-order valence-corrected chi connectivity index (χ1v) is 8.34. The van der Waals surface area contributed by atoms with Crippen LogP contribution in [0.15, 0.2) is 24.3 Å². The number of para-hydroxylation sites is 1. The highest BCUT2D eigenvalue weighted by Gasteiger charge is 2.36. The van der Waals surface area contributed by atoms with Gasteiger partial charge in [-0.05, 0) is 45.7 Å². The number of likely N-dealkylation sites (tertiary alicyclic amines) is 1. The van der Waals surface area contributed by atoms with Gasteiger partial charge >= 0.3 is 6.09 Å². The van der Waals surface area contributed by atoms with Crippen LogP contribution in [0.4, 0.5) is 10.5 Å². The van der Waals surface area contributed by atoms with Crippen molar-refractivity contribution in [2.75, 3.05) is 18.9 Å². The normalized spacial score (nSPS) is 17.1. The summed E-state index contributed by atoms with van der Waals surface area (Å²) in [6, 6.07) is 6.15. The fourth-order valence-corrected chi connectivity index (χ4v) is 2.72. The molecule has 2 rings (SSSR count). The number of amides is 3. The summed E-state index contributed by atoms with van der Waals surface area (Å²) in [5.41, 5.74) is 0.176. The zero-order chi connectivity index (χ0) is 18.6. The van der Waals surface area contributed by atoms with Crippen molar-refractivity contribution in [3.8, 4) is 0 Å². The molecule has 1 aliphatic heterocycles. The molecule has 2 N–H and O–H groups in total. The van der Waals surface area contributed by atoms with Gasteiger partial charge in [-0.2, -0.15) is 0 Å². The van der Waals surface area contributed by atoms with Gasteiger partial charge in [0.05, 0.1) is 11.3 Å². The minimum absolute atomic E-state index is 0.286. The van der Waals surface area contributed by atoms with E-state index in [1.165, 1.54) is 11.9 Å². The topological polar surface area (TPSA) is 87.7 Å². The van der Waals surface area contributed by atoms with Crippen LogP contribution in [0.1, 0.15) is 44.0 Å². The van der Waals surface area contributed by atoms with Crippen LogP contribution < -0.4 is 10.6 Å². The lowest BCUT2D eigenvalue weighted by Crippen LogP contribution is -2.45. The van der Waals surface area contributed by atoms with Crippen molar-refractivity contribution in [2.24, 2.45) is 0 Å². The molecule has 1 fully saturated rings. The Balaban J connectivity index is 2.13. The molecule has 0 radical (unpaired) electrons. The second kappa shape index (κ2) is 7.55. The van der Waals surface area contributed by atoms with Crippen LogP contribution in [-0.4, -0.2) is 48.0 Å². The van der Waals surface area contributed by atoms with Crippen LogP contribution in [0.3, 0.4) is 0 Å². The molecule has 25 heavy (non-hydrogen) atoms. The van der Waals surface area contributed by atoms with Gasteiger partial charge in [0, 0.05) is 13.6 Å². The highest BCUT2D eigenvalue weighted by Crippen LogP contribution is 2.23. The molecule has 0 aromatic heterocycles. The Morgan fingerprint density at radius 3 is 2.52 bits per heavy atom. The number of hydrogen-bond donors (Lipinski definition) is 2. The van der Waals surface area contributed by atoms with E-state index in [0.29, 0.717) is 24.2 Å². The summed E-state index contributed by atoms with van der Waals surface area (Å²) >= 11 is 0. The molecule has 7 nitrogen and oxygen atoms in total. The number of nitrogens with one attached hydrogen (secondary N) is 2. The molecule has 1 aromatic rings. The SMILES string of the molecule is CNC(=O)c1ccccc1NC(=O)C1CCCN1C(=O)OC(C)(C)C. The first-order chi connectivity index (χ1) is 11.7. The minimum Gasteiger partial charge on any atom is -0.444 e. The maximum absolute atomic E-state index is 12.7. The molecule has 136 valence electrons. The second-order valence-electron chi connectivity index (χ2n) is 6.95. The average Bonchev–Trinajstić information content (AvgIpc) is 3.03. The Kier molecular flexibility index (Phi) is 5.66. The summed E-state index contributed by atoms with van der Waals surface area (Å²) in [5, 5.41) is 5.31. The summed E-state index contributed by atoms with van der Waals surface area (Å²) in [7, 11) is 1.53. The third-order valence-corrected chi connectivity index (χ3v) is 3.84. The number of rotatable bonds is 3. The number of benzene rings is 1. The van der Waals surface area contributed by atoms with E-state index in [4.69, 9.17) is 4.74 Å². The Bertz CT molecular complexity index is 667. The van der Waals surface area contributed by atoms with Gasteiger partial charge in [-0.3, -0.25) is 14.5 Å². The number of carbonyl (C=O) groups is 3. The molecule has 0 spiro atoms. The number of hydrogen-bond acceptors (Lipinski definition) is 4. The standard InChI is InChI=1S/C18H25N3O4/c1-18(2,3)25-17(24)21-11-7-10-14(21)16(23)20-13-9-6-5-8-12(13)15(22)19-4/h5-6,8-9,14H,7,10-11H2,1-4H3,(H,19,22)(H,20,23). The number of anilines is 1. The minimum atomic E-state index is -0.619. The third-order valence-electron chi connectivity index (χ3n) is 3.84. The lowest BCUT2D eigenvalue weighted by molar-refractivity contribution is -0.120. The van der Waals surface area contributed by atoms with Crippen molar-refractivity contribution in [1.82, 2.24) is 10.2 Å². The van der Waals surface area contributed by atoms with E-state index in [9.17, 15) is 14.4 Å². The Hall–Kier alpha value is -2.57. The van der Waals surface area contributed by atoms with Gasteiger partial charge in [-0.1, -0.05) is 12.1 Å². The molecule has 1 aliphatic rings. The smallest absolute Gasteiger partial charge is 0.410 e. The molecular formula is C18H25N3O4. The molecule has 1 unspecified atom stereocenters. The van der Waals surface area contributed by atoms with Gasteiger partial charge in [-0.15, -0.1) is 0 Å². The van der Waals surface area contributed by atoms with Crippen molar-refractivity contribution in [3.05, 3.63) is 29.8 Å². The van der Waals surface area contributed by atoms with Gasteiger partial charge in [0.25, 0.3) is 5.91 Å². The van der Waals surface area contributed by atoms with Gasteiger partial charge < -0.3 is 15.4 Å². The van der Waals surface area contributed by atoms with Crippen molar-refractivity contribution in [3.63, 3.8) is 0 Å². The van der Waals surface area contributed by atoms with E-state index in [1.54, 1.807) is 45.0 Å². The summed E-state index contributed by atoms with van der Waals surface area (Å²) < 4.78 is 5.37. The van der Waals surface area contributed by atoms with E-state index >= 15 is 0 Å². The molecule has 1 aromatic carbocycles. The highest BCUT2D eigenvalue weighted by molar-refractivity contribution is 6.05. The Labute approximate surface area is 147 Å². The monoisotopic (exact) mass is 347 g/mol. The van der Waals surface area contributed by atoms with Gasteiger partial charge in [0.2, 0.25) is 5.91 Å². The number of ether oxygens (including phenoxy) is 1. The number of carbonyl (C=O) groups excluding carboxylic acids is 3. The quantitative estimate of drug-likeness (QED) is 0.879. The highest BCUT2D eigenvalue weighted by atomic mass is 16.6. The van der Waals surface area contributed by atoms with Crippen molar-refractivity contribution in [1.29, 1.82) is 0 Å². The summed E-state index contributed by atoms with van der Waals surface area (Å²) in [4.78, 5) is 38.3. The number of nitrogens with zero attached hydrogens (tertiary/aromatic N) is 1. The second-order valence-corrected chi connectivity index (χ2v) is 6.95. The third kappa shape index (κ3) is 4.71. The summed E-state index contributed by atoms with van der Waals surface area (Å²) in [5.74, 6) is -0.606. The van der Waals surface area contributed by atoms with E-state index in [1.807, 2.05) is 0 Å². The van der Waals surface area contributed by atoms with E-state index < -0.39 is 17.7 Å². The molecular weight excluding hydrogens is 322 g/mol. The fourth-order valence-electron chi connectivity index (χ4n) is 2.72. The van der Waals surface area contributed by atoms with Crippen molar-refractivity contribution in [2.45, 2.75) is 45.3 Å². The Morgan fingerprint density at radius 2 is 1.88 bits per heavy atom. The van der Waals surface area contributed by atoms with Gasteiger partial charge in [0.1, 0.15) is 11.6 Å². The maximum Gasteiger partial charge on any atom is 0.410 e. The van der Waals surface area contributed by atoms with Crippen molar-refractivity contribution < 1.29 is 19.1 Å². The molecule has 0 saturated carbocycles. The first-order valence-electron chi connectivity index (χ1n) is 8.34. The lowest BCUT2D eigenvalue weighted by Gasteiger charge is -2.28. The van der Waals surface area contributed by atoms with Crippen LogP contribution in [0.25, 0.3) is 0 Å². The van der Waals surface area contributed by atoms with Crippen molar-refractivity contribution >= 4 is 23.6 Å². The molecule has 1 atom stereocenters. The Morgan fingerprint density at radius 1 is 1.20 bits per heavy atom. The van der Waals surface area contributed by atoms with Crippen LogP contribution >= 0.6 is 0 Å². The molecule has 0 aliphatic carbocycles. The predicted octanol–water partition coefficient (Wildman–Crippen LogP) is 2.38. The zero-order valence-corrected chi connectivity index (χ0v) is 15.1.